The molecule has 1 aromatic carbocycles. The van der Waals surface area contributed by atoms with Gasteiger partial charge in [0.2, 0.25) is 0 Å². The van der Waals surface area contributed by atoms with Crippen LogP contribution in [0.25, 0.3) is 0 Å². The van der Waals surface area contributed by atoms with Gasteiger partial charge in [0.1, 0.15) is 11.9 Å². The Kier molecular flexibility index (Phi) is 3.91. The van der Waals surface area contributed by atoms with Gasteiger partial charge in [-0.15, -0.1) is 0 Å². The Morgan fingerprint density at radius 2 is 2.21 bits per heavy atom. The summed E-state index contributed by atoms with van der Waals surface area (Å²) in [6, 6.07) is 5.42. The first kappa shape index (κ1) is 13.2. The Balaban J connectivity index is 2.16. The average Bonchev–Trinajstić information content (AvgIpc) is 2.79. The number of aromatic amines is 1. The van der Waals surface area contributed by atoms with E-state index >= 15 is 0 Å². The minimum absolute atomic E-state index is 0.114. The number of nitrogens with zero attached hydrogens (tertiary/aromatic N) is 1. The lowest BCUT2D eigenvalue weighted by molar-refractivity contribution is -0.138. The van der Waals surface area contributed by atoms with Gasteiger partial charge in [-0.05, 0) is 11.6 Å². The Labute approximate surface area is 109 Å². The predicted molar refractivity (Wildman–Crippen MR) is 67.1 cm³/mol. The van der Waals surface area contributed by atoms with Crippen molar-refractivity contribution >= 4 is 5.97 Å². The zero-order valence-corrected chi connectivity index (χ0v) is 10.1. The molecule has 0 aliphatic heterocycles. The number of nitrogens with two attached hydrogens (primary N) is 1. The molecule has 1 aromatic heterocycles. The highest BCUT2D eigenvalue weighted by Gasteiger charge is 2.17. The monoisotopic (exact) mass is 263 g/mol. The molecule has 19 heavy (non-hydrogen) atoms. The summed E-state index contributed by atoms with van der Waals surface area (Å²) in [5.41, 5.74) is 7.23. The molecule has 0 aliphatic carbocycles. The molecule has 0 radical (unpaired) electrons. The fraction of sp³-hybridized carbons (Fsp3) is 0.231. The maximum absolute atomic E-state index is 13.6. The minimum atomic E-state index is -1.08. The van der Waals surface area contributed by atoms with Crippen LogP contribution < -0.4 is 5.73 Å². The van der Waals surface area contributed by atoms with Crippen LogP contribution in [0.15, 0.2) is 30.6 Å². The molecule has 5 nitrogen and oxygen atoms in total. The highest BCUT2D eigenvalue weighted by atomic mass is 19.1. The lowest BCUT2D eigenvalue weighted by Gasteiger charge is -2.07. The van der Waals surface area contributed by atoms with Crippen LogP contribution in [0.3, 0.4) is 0 Å². The molecule has 0 spiro atoms. The number of halogens is 1. The second-order valence-corrected chi connectivity index (χ2v) is 4.24. The van der Waals surface area contributed by atoms with Gasteiger partial charge in [-0.25, -0.2) is 9.37 Å². The smallest absolute Gasteiger partial charge is 0.320 e. The number of carbonyl (C=O) groups is 1. The molecule has 2 rings (SSSR count). The molecule has 0 saturated carbocycles. The van der Waals surface area contributed by atoms with Gasteiger partial charge in [0.25, 0.3) is 0 Å². The van der Waals surface area contributed by atoms with E-state index in [1.165, 1.54) is 12.4 Å². The molecule has 6 heteroatoms. The summed E-state index contributed by atoms with van der Waals surface area (Å²) in [5, 5.41) is 8.78. The third-order valence-corrected chi connectivity index (χ3v) is 2.86. The zero-order valence-electron chi connectivity index (χ0n) is 10.1. The van der Waals surface area contributed by atoms with Crippen molar-refractivity contribution in [3.8, 4) is 0 Å². The molecule has 0 saturated heterocycles. The molecule has 2 aromatic rings. The van der Waals surface area contributed by atoms with E-state index in [4.69, 9.17) is 10.8 Å². The van der Waals surface area contributed by atoms with Gasteiger partial charge in [-0.1, -0.05) is 18.2 Å². The number of nitrogens with one attached hydrogen (secondary N) is 1. The molecule has 4 N–H and O–H groups in total. The van der Waals surface area contributed by atoms with Crippen LogP contribution in [-0.4, -0.2) is 27.1 Å². The molecule has 0 aliphatic rings. The first-order valence-corrected chi connectivity index (χ1v) is 5.81. The maximum Gasteiger partial charge on any atom is 0.320 e. The van der Waals surface area contributed by atoms with E-state index in [1.54, 1.807) is 18.2 Å². The number of imidazole rings is 1. The van der Waals surface area contributed by atoms with E-state index in [0.29, 0.717) is 23.4 Å². The first-order valence-electron chi connectivity index (χ1n) is 5.81. The Morgan fingerprint density at radius 3 is 2.89 bits per heavy atom. The van der Waals surface area contributed by atoms with Gasteiger partial charge >= 0.3 is 5.97 Å². The van der Waals surface area contributed by atoms with Gasteiger partial charge in [-0.2, -0.15) is 0 Å². The number of carboxylic acids is 1. The van der Waals surface area contributed by atoms with Crippen LogP contribution in [0.2, 0.25) is 0 Å². The van der Waals surface area contributed by atoms with E-state index < -0.39 is 12.0 Å². The normalized spacial score (nSPS) is 12.3. The number of aliphatic carboxylic acids is 1. The van der Waals surface area contributed by atoms with Crippen LogP contribution in [0.5, 0.6) is 0 Å². The van der Waals surface area contributed by atoms with Crippen molar-refractivity contribution in [2.24, 2.45) is 5.73 Å². The predicted octanol–water partition coefficient (Wildman–Crippen LogP) is 1.09. The highest BCUT2D eigenvalue weighted by Crippen LogP contribution is 2.14. The summed E-state index contributed by atoms with van der Waals surface area (Å²) in [7, 11) is 0. The molecule has 0 fully saturated rings. The molecule has 1 atom stereocenters. The Bertz CT molecular complexity index is 583. The fourth-order valence-corrected chi connectivity index (χ4v) is 1.81. The van der Waals surface area contributed by atoms with Crippen molar-refractivity contribution in [3.63, 3.8) is 0 Å². The number of hydrogen-bond acceptors (Lipinski definition) is 3. The van der Waals surface area contributed by atoms with Crippen molar-refractivity contribution in [2.75, 3.05) is 0 Å². The number of hydrogen-bond donors (Lipinski definition) is 3. The SMILES string of the molecule is N[C@@H](Cc1nc[nH]c1Cc1ccccc1F)C(=O)O. The van der Waals surface area contributed by atoms with Crippen LogP contribution in [0.4, 0.5) is 4.39 Å². The number of benzene rings is 1. The second-order valence-electron chi connectivity index (χ2n) is 4.24. The van der Waals surface area contributed by atoms with Gasteiger partial charge < -0.3 is 15.8 Å². The van der Waals surface area contributed by atoms with E-state index in [1.807, 2.05) is 0 Å². The summed E-state index contributed by atoms with van der Waals surface area (Å²) in [6.07, 6.45) is 1.90. The number of H-pyrrole nitrogens is 1. The van der Waals surface area contributed by atoms with E-state index in [2.05, 4.69) is 9.97 Å². The average molecular weight is 263 g/mol. The van der Waals surface area contributed by atoms with Gasteiger partial charge in [0.15, 0.2) is 0 Å². The summed E-state index contributed by atoms with van der Waals surface area (Å²) < 4.78 is 13.6. The third kappa shape index (κ3) is 3.17. The second kappa shape index (κ2) is 5.62. The van der Waals surface area contributed by atoms with Crippen molar-refractivity contribution in [3.05, 3.63) is 53.4 Å². The summed E-state index contributed by atoms with van der Waals surface area (Å²) in [4.78, 5) is 17.7. The van der Waals surface area contributed by atoms with Gasteiger partial charge in [0, 0.05) is 18.5 Å². The summed E-state index contributed by atoms with van der Waals surface area (Å²) in [6.45, 7) is 0. The molecule has 0 bridgehead atoms. The zero-order chi connectivity index (χ0) is 13.8. The fourth-order valence-electron chi connectivity index (χ4n) is 1.81. The topological polar surface area (TPSA) is 92.0 Å². The van der Waals surface area contributed by atoms with Gasteiger partial charge in [-0.3, -0.25) is 4.79 Å². The molecule has 100 valence electrons. The lowest BCUT2D eigenvalue weighted by Crippen LogP contribution is -2.32. The number of carboxylic acid groups (broad SMARTS) is 1. The van der Waals surface area contributed by atoms with Crippen LogP contribution in [0, 0.1) is 5.82 Å². The van der Waals surface area contributed by atoms with E-state index in [9.17, 15) is 9.18 Å². The van der Waals surface area contributed by atoms with Crippen molar-refractivity contribution in [1.29, 1.82) is 0 Å². The number of rotatable bonds is 5. The Hall–Kier alpha value is -2.21. The standard InChI is InChI=1S/C13H14FN3O2/c14-9-4-2-1-3-8(9)5-11-12(17-7-16-11)6-10(15)13(18)19/h1-4,7,10H,5-6,15H2,(H,16,17)(H,18,19)/t10-/m0/s1. The third-order valence-electron chi connectivity index (χ3n) is 2.86. The van der Waals surface area contributed by atoms with E-state index in [-0.39, 0.29) is 12.2 Å². The van der Waals surface area contributed by atoms with Crippen molar-refractivity contribution in [2.45, 2.75) is 18.9 Å². The lowest BCUT2D eigenvalue weighted by atomic mass is 10.0. The molecular weight excluding hydrogens is 249 g/mol. The quantitative estimate of drug-likeness (QED) is 0.753. The highest BCUT2D eigenvalue weighted by molar-refractivity contribution is 5.73. The maximum atomic E-state index is 13.6. The van der Waals surface area contributed by atoms with Crippen molar-refractivity contribution in [1.82, 2.24) is 9.97 Å². The molecule has 1 heterocycles. The Morgan fingerprint density at radius 1 is 1.47 bits per heavy atom. The summed E-state index contributed by atoms with van der Waals surface area (Å²) in [5.74, 6) is -1.38. The summed E-state index contributed by atoms with van der Waals surface area (Å²) >= 11 is 0. The minimum Gasteiger partial charge on any atom is -0.480 e. The molecular formula is C13H14FN3O2. The van der Waals surface area contributed by atoms with Crippen LogP contribution in [0.1, 0.15) is 17.0 Å². The van der Waals surface area contributed by atoms with Crippen LogP contribution in [-0.2, 0) is 17.6 Å². The van der Waals surface area contributed by atoms with Crippen molar-refractivity contribution < 1.29 is 14.3 Å². The first-order chi connectivity index (χ1) is 9.08. The van der Waals surface area contributed by atoms with Gasteiger partial charge in [0.05, 0.1) is 12.0 Å². The van der Waals surface area contributed by atoms with Crippen LogP contribution >= 0.6 is 0 Å². The van der Waals surface area contributed by atoms with E-state index in [0.717, 1.165) is 0 Å². The number of aromatic nitrogens is 2. The molecule has 0 amide bonds. The largest absolute Gasteiger partial charge is 0.480 e. The molecule has 0 unspecified atom stereocenters.